The molecule has 0 atom stereocenters. The summed E-state index contributed by atoms with van der Waals surface area (Å²) in [6, 6.07) is 10.6. The standard InChI is InChI=1S/C16H14FN3/c1-9-3-4-14-13(7-9)15(18)20-16(19-14)11-5-10(2)6-12(17)8-11/h3-8H,1-2H3,(H2,18,19,20). The molecule has 4 heteroatoms. The molecular weight excluding hydrogens is 253 g/mol. The number of nitrogens with zero attached hydrogens (tertiary/aromatic N) is 2. The van der Waals surface area contributed by atoms with Gasteiger partial charge >= 0.3 is 0 Å². The predicted octanol–water partition coefficient (Wildman–Crippen LogP) is 3.63. The van der Waals surface area contributed by atoms with Gasteiger partial charge in [-0.3, -0.25) is 0 Å². The summed E-state index contributed by atoms with van der Waals surface area (Å²) in [4.78, 5) is 8.77. The van der Waals surface area contributed by atoms with Gasteiger partial charge in [-0.25, -0.2) is 14.4 Å². The van der Waals surface area contributed by atoms with Gasteiger partial charge in [-0.15, -0.1) is 0 Å². The fraction of sp³-hybridized carbons (Fsp3) is 0.125. The summed E-state index contributed by atoms with van der Waals surface area (Å²) >= 11 is 0. The van der Waals surface area contributed by atoms with E-state index in [0.717, 1.165) is 22.0 Å². The monoisotopic (exact) mass is 267 g/mol. The second-order valence-electron chi connectivity index (χ2n) is 4.97. The number of nitrogens with two attached hydrogens (primary N) is 1. The largest absolute Gasteiger partial charge is 0.383 e. The van der Waals surface area contributed by atoms with Crippen LogP contribution in [0.3, 0.4) is 0 Å². The van der Waals surface area contributed by atoms with E-state index in [1.54, 1.807) is 0 Å². The van der Waals surface area contributed by atoms with Crippen LogP contribution in [0.4, 0.5) is 10.2 Å². The molecule has 3 aromatic rings. The molecule has 3 rings (SSSR count). The summed E-state index contributed by atoms with van der Waals surface area (Å²) < 4.78 is 13.5. The van der Waals surface area contributed by atoms with E-state index in [9.17, 15) is 4.39 Å². The lowest BCUT2D eigenvalue weighted by molar-refractivity contribution is 0.627. The lowest BCUT2D eigenvalue weighted by atomic mass is 10.1. The van der Waals surface area contributed by atoms with E-state index in [-0.39, 0.29) is 5.82 Å². The molecular formula is C16H14FN3. The molecule has 0 radical (unpaired) electrons. The third-order valence-corrected chi connectivity index (χ3v) is 3.18. The van der Waals surface area contributed by atoms with Crippen molar-refractivity contribution >= 4 is 16.7 Å². The number of rotatable bonds is 1. The maximum absolute atomic E-state index is 13.5. The summed E-state index contributed by atoms with van der Waals surface area (Å²) in [5.74, 6) is 0.559. The van der Waals surface area contributed by atoms with Gasteiger partial charge in [0.15, 0.2) is 5.82 Å². The van der Waals surface area contributed by atoms with Crippen LogP contribution in [0, 0.1) is 19.7 Å². The summed E-state index contributed by atoms with van der Waals surface area (Å²) in [6.07, 6.45) is 0. The third kappa shape index (κ3) is 2.20. The molecule has 0 spiro atoms. The minimum atomic E-state index is -0.300. The lowest BCUT2D eigenvalue weighted by Crippen LogP contribution is -1.98. The number of aryl methyl sites for hydroxylation is 2. The molecule has 1 aromatic heterocycles. The van der Waals surface area contributed by atoms with E-state index in [2.05, 4.69) is 9.97 Å². The van der Waals surface area contributed by atoms with Crippen LogP contribution in [-0.4, -0.2) is 9.97 Å². The first-order valence-electron chi connectivity index (χ1n) is 6.34. The zero-order valence-electron chi connectivity index (χ0n) is 11.3. The van der Waals surface area contributed by atoms with Crippen molar-refractivity contribution < 1.29 is 4.39 Å². The Morgan fingerprint density at radius 2 is 1.75 bits per heavy atom. The van der Waals surface area contributed by atoms with Crippen LogP contribution in [0.15, 0.2) is 36.4 Å². The number of fused-ring (bicyclic) bond motifs is 1. The van der Waals surface area contributed by atoms with Crippen LogP contribution in [0.25, 0.3) is 22.3 Å². The Morgan fingerprint density at radius 3 is 2.50 bits per heavy atom. The number of aromatic nitrogens is 2. The molecule has 2 N–H and O–H groups in total. The van der Waals surface area contributed by atoms with Gasteiger partial charge in [0.05, 0.1) is 5.52 Å². The highest BCUT2D eigenvalue weighted by Crippen LogP contribution is 2.25. The minimum absolute atomic E-state index is 0.300. The number of benzene rings is 2. The van der Waals surface area contributed by atoms with Crippen LogP contribution in [-0.2, 0) is 0 Å². The lowest BCUT2D eigenvalue weighted by Gasteiger charge is -2.07. The van der Waals surface area contributed by atoms with E-state index in [1.807, 2.05) is 38.1 Å². The molecule has 20 heavy (non-hydrogen) atoms. The molecule has 0 fully saturated rings. The predicted molar refractivity (Wildman–Crippen MR) is 78.8 cm³/mol. The van der Waals surface area contributed by atoms with Crippen LogP contribution in [0.2, 0.25) is 0 Å². The van der Waals surface area contributed by atoms with Crippen molar-refractivity contribution in [1.29, 1.82) is 0 Å². The summed E-state index contributed by atoms with van der Waals surface area (Å²) in [7, 11) is 0. The van der Waals surface area contributed by atoms with E-state index >= 15 is 0 Å². The van der Waals surface area contributed by atoms with Gasteiger partial charge in [-0.2, -0.15) is 0 Å². The smallest absolute Gasteiger partial charge is 0.162 e. The second-order valence-corrected chi connectivity index (χ2v) is 4.97. The summed E-state index contributed by atoms with van der Waals surface area (Å²) in [6.45, 7) is 3.82. The van der Waals surface area contributed by atoms with E-state index < -0.39 is 0 Å². The zero-order chi connectivity index (χ0) is 14.3. The van der Waals surface area contributed by atoms with Crippen molar-refractivity contribution in [1.82, 2.24) is 9.97 Å². The van der Waals surface area contributed by atoms with Gasteiger partial charge in [0.1, 0.15) is 11.6 Å². The highest BCUT2D eigenvalue weighted by molar-refractivity contribution is 5.90. The normalized spacial score (nSPS) is 10.9. The van der Waals surface area contributed by atoms with Crippen LogP contribution < -0.4 is 5.73 Å². The fourth-order valence-electron chi connectivity index (χ4n) is 2.26. The molecule has 0 aliphatic rings. The van der Waals surface area contributed by atoms with Gasteiger partial charge in [-0.1, -0.05) is 11.6 Å². The van der Waals surface area contributed by atoms with E-state index in [4.69, 9.17) is 5.73 Å². The van der Waals surface area contributed by atoms with E-state index in [0.29, 0.717) is 17.2 Å². The van der Waals surface area contributed by atoms with Crippen molar-refractivity contribution in [2.75, 3.05) is 5.73 Å². The van der Waals surface area contributed by atoms with Gasteiger partial charge in [0, 0.05) is 10.9 Å². The van der Waals surface area contributed by atoms with Crippen LogP contribution >= 0.6 is 0 Å². The molecule has 0 aliphatic heterocycles. The third-order valence-electron chi connectivity index (χ3n) is 3.18. The first-order valence-corrected chi connectivity index (χ1v) is 6.34. The molecule has 0 aliphatic carbocycles. The topological polar surface area (TPSA) is 51.8 Å². The molecule has 0 unspecified atom stereocenters. The molecule has 0 amide bonds. The van der Waals surface area contributed by atoms with Gasteiger partial charge in [-0.05, 0) is 49.7 Å². The molecule has 0 bridgehead atoms. The first kappa shape index (κ1) is 12.5. The highest BCUT2D eigenvalue weighted by atomic mass is 19.1. The average molecular weight is 267 g/mol. The summed E-state index contributed by atoms with van der Waals surface area (Å²) in [5.41, 5.74) is 9.32. The fourth-order valence-corrected chi connectivity index (χ4v) is 2.26. The molecule has 100 valence electrons. The van der Waals surface area contributed by atoms with E-state index in [1.165, 1.54) is 12.1 Å². The first-order chi connectivity index (χ1) is 9.52. The SMILES string of the molecule is Cc1cc(F)cc(-c2nc(N)c3cc(C)ccc3n2)c1. The Labute approximate surface area is 116 Å². The molecule has 1 heterocycles. The Kier molecular flexibility index (Phi) is 2.86. The molecule has 3 nitrogen and oxygen atoms in total. The molecule has 2 aromatic carbocycles. The van der Waals surface area contributed by atoms with Crippen molar-refractivity contribution in [2.24, 2.45) is 0 Å². The van der Waals surface area contributed by atoms with Gasteiger partial charge in [0.2, 0.25) is 0 Å². The Hall–Kier alpha value is -2.49. The number of hydrogen-bond donors (Lipinski definition) is 1. The number of hydrogen-bond acceptors (Lipinski definition) is 3. The van der Waals surface area contributed by atoms with Crippen molar-refractivity contribution in [3.8, 4) is 11.4 Å². The minimum Gasteiger partial charge on any atom is -0.383 e. The molecule has 0 saturated carbocycles. The van der Waals surface area contributed by atoms with Crippen molar-refractivity contribution in [2.45, 2.75) is 13.8 Å². The van der Waals surface area contributed by atoms with Crippen LogP contribution in [0.5, 0.6) is 0 Å². The average Bonchev–Trinajstić information content (AvgIpc) is 2.38. The second kappa shape index (κ2) is 4.56. The maximum Gasteiger partial charge on any atom is 0.162 e. The Bertz CT molecular complexity index is 792. The number of anilines is 1. The van der Waals surface area contributed by atoms with Crippen molar-refractivity contribution in [3.05, 3.63) is 53.3 Å². The van der Waals surface area contributed by atoms with Gasteiger partial charge in [0.25, 0.3) is 0 Å². The van der Waals surface area contributed by atoms with Crippen molar-refractivity contribution in [3.63, 3.8) is 0 Å². The Morgan fingerprint density at radius 1 is 0.950 bits per heavy atom. The molecule has 0 saturated heterocycles. The van der Waals surface area contributed by atoms with Gasteiger partial charge < -0.3 is 5.73 Å². The zero-order valence-corrected chi connectivity index (χ0v) is 11.3. The highest BCUT2D eigenvalue weighted by Gasteiger charge is 2.09. The summed E-state index contributed by atoms with van der Waals surface area (Å²) in [5, 5.41) is 0.821. The Balaban J connectivity index is 2.24. The number of halogens is 1. The van der Waals surface area contributed by atoms with Crippen LogP contribution in [0.1, 0.15) is 11.1 Å². The number of nitrogen functional groups attached to an aromatic ring is 1. The maximum atomic E-state index is 13.5. The quantitative estimate of drug-likeness (QED) is 0.732.